The van der Waals surface area contributed by atoms with E-state index in [1.165, 1.54) is 25.3 Å². The Morgan fingerprint density at radius 1 is 1.00 bits per heavy atom. The topological polar surface area (TPSA) is 61.4 Å². The average Bonchev–Trinajstić information content (AvgIpc) is 2.75. The lowest BCUT2D eigenvalue weighted by Gasteiger charge is -2.36. The molecular formula is C21H26FN5O. The Kier molecular flexibility index (Phi) is 5.69. The molecule has 1 N–H and O–H groups in total. The van der Waals surface area contributed by atoms with Crippen LogP contribution in [-0.4, -0.2) is 48.1 Å². The second-order valence-electron chi connectivity index (χ2n) is 7.48. The van der Waals surface area contributed by atoms with E-state index in [9.17, 15) is 9.18 Å². The Labute approximate surface area is 164 Å². The molecule has 2 fully saturated rings. The summed E-state index contributed by atoms with van der Waals surface area (Å²) in [5, 5.41) is 3.10. The van der Waals surface area contributed by atoms with Crippen molar-refractivity contribution in [3.8, 4) is 0 Å². The van der Waals surface area contributed by atoms with Crippen LogP contribution in [0.25, 0.3) is 0 Å². The van der Waals surface area contributed by atoms with E-state index in [0.29, 0.717) is 43.5 Å². The lowest BCUT2D eigenvalue weighted by Crippen LogP contribution is -2.47. The zero-order valence-electron chi connectivity index (χ0n) is 16.0. The third-order valence-electron chi connectivity index (χ3n) is 5.57. The molecule has 28 heavy (non-hydrogen) atoms. The number of piperazine rings is 1. The quantitative estimate of drug-likeness (QED) is 0.879. The highest BCUT2D eigenvalue weighted by atomic mass is 19.1. The van der Waals surface area contributed by atoms with Crippen LogP contribution in [0.4, 0.5) is 16.0 Å². The highest BCUT2D eigenvalue weighted by Crippen LogP contribution is 2.22. The van der Waals surface area contributed by atoms with Crippen molar-refractivity contribution in [1.29, 1.82) is 0 Å². The average molecular weight is 383 g/mol. The molecular weight excluding hydrogens is 357 g/mol. The normalized spacial score (nSPS) is 18.2. The maximum Gasteiger partial charge on any atom is 0.270 e. The molecule has 6 nitrogen and oxygen atoms in total. The lowest BCUT2D eigenvalue weighted by molar-refractivity contribution is 0.0922. The molecule has 0 radical (unpaired) electrons. The molecule has 1 aromatic heterocycles. The van der Waals surface area contributed by atoms with E-state index >= 15 is 0 Å². The monoisotopic (exact) mass is 383 g/mol. The summed E-state index contributed by atoms with van der Waals surface area (Å²) in [6.07, 6.45) is 7.33. The standard InChI is InChI=1S/C21H26FN5O/c22-17-8-4-5-9-19(17)26-12-14-27(15-13-26)21-23-11-10-18(25-21)20(28)24-16-6-2-1-3-7-16/h4-5,8-11,16H,1-3,6-7,12-15H2,(H,24,28). The second kappa shape index (κ2) is 8.54. The van der Waals surface area contributed by atoms with Crippen molar-refractivity contribution < 1.29 is 9.18 Å². The zero-order valence-corrected chi connectivity index (χ0v) is 16.0. The van der Waals surface area contributed by atoms with Crippen LogP contribution >= 0.6 is 0 Å². The summed E-state index contributed by atoms with van der Waals surface area (Å²) in [5.74, 6) is 0.235. The predicted octanol–water partition coefficient (Wildman–Crippen LogP) is 3.00. The first kappa shape index (κ1) is 18.7. The summed E-state index contributed by atoms with van der Waals surface area (Å²) in [7, 11) is 0. The number of benzene rings is 1. The van der Waals surface area contributed by atoms with Crippen LogP contribution in [0.15, 0.2) is 36.5 Å². The number of amides is 1. The van der Waals surface area contributed by atoms with Crippen molar-refractivity contribution in [2.24, 2.45) is 0 Å². The van der Waals surface area contributed by atoms with Crippen LogP contribution in [-0.2, 0) is 0 Å². The number of nitrogens with one attached hydrogen (secondary N) is 1. The van der Waals surface area contributed by atoms with Gasteiger partial charge in [0.2, 0.25) is 5.95 Å². The maximum atomic E-state index is 14.0. The van der Waals surface area contributed by atoms with Crippen LogP contribution in [0.2, 0.25) is 0 Å². The van der Waals surface area contributed by atoms with Gasteiger partial charge in [-0.05, 0) is 31.0 Å². The van der Waals surface area contributed by atoms with E-state index in [1.54, 1.807) is 24.4 Å². The number of hydrogen-bond acceptors (Lipinski definition) is 5. The Hall–Kier alpha value is -2.70. The summed E-state index contributed by atoms with van der Waals surface area (Å²) < 4.78 is 14.0. The van der Waals surface area contributed by atoms with E-state index in [2.05, 4.69) is 20.2 Å². The fourth-order valence-electron chi connectivity index (χ4n) is 3.99. The number of carbonyl (C=O) groups excluding carboxylic acids is 1. The molecule has 0 bridgehead atoms. The molecule has 2 aromatic rings. The lowest BCUT2D eigenvalue weighted by atomic mass is 9.95. The molecule has 148 valence electrons. The fourth-order valence-corrected chi connectivity index (χ4v) is 3.99. The molecule has 1 saturated carbocycles. The highest BCUT2D eigenvalue weighted by Gasteiger charge is 2.22. The van der Waals surface area contributed by atoms with Crippen molar-refractivity contribution in [1.82, 2.24) is 15.3 Å². The molecule has 0 atom stereocenters. The van der Waals surface area contributed by atoms with E-state index in [1.807, 2.05) is 11.0 Å². The van der Waals surface area contributed by atoms with Gasteiger partial charge in [0.1, 0.15) is 11.5 Å². The summed E-state index contributed by atoms with van der Waals surface area (Å²) in [6, 6.07) is 8.76. The van der Waals surface area contributed by atoms with Crippen molar-refractivity contribution in [3.63, 3.8) is 0 Å². The number of para-hydroxylation sites is 1. The first-order chi connectivity index (χ1) is 13.7. The summed E-state index contributed by atoms with van der Waals surface area (Å²) in [5.41, 5.74) is 1.04. The summed E-state index contributed by atoms with van der Waals surface area (Å²) in [6.45, 7) is 2.73. The van der Waals surface area contributed by atoms with Crippen LogP contribution < -0.4 is 15.1 Å². The predicted molar refractivity (Wildman–Crippen MR) is 107 cm³/mol. The van der Waals surface area contributed by atoms with Crippen LogP contribution in [0.5, 0.6) is 0 Å². The van der Waals surface area contributed by atoms with Crippen LogP contribution in [0.3, 0.4) is 0 Å². The van der Waals surface area contributed by atoms with Gasteiger partial charge in [-0.25, -0.2) is 14.4 Å². The van der Waals surface area contributed by atoms with Crippen molar-refractivity contribution in [3.05, 3.63) is 48.0 Å². The summed E-state index contributed by atoms with van der Waals surface area (Å²) >= 11 is 0. The Bertz CT molecular complexity index is 816. The molecule has 2 heterocycles. The number of rotatable bonds is 4. The second-order valence-corrected chi connectivity index (χ2v) is 7.48. The van der Waals surface area contributed by atoms with E-state index in [4.69, 9.17) is 0 Å². The molecule has 0 unspecified atom stereocenters. The number of nitrogens with zero attached hydrogens (tertiary/aromatic N) is 4. The zero-order chi connectivity index (χ0) is 19.3. The molecule has 7 heteroatoms. The molecule has 2 aliphatic rings. The van der Waals surface area contributed by atoms with Gasteiger partial charge >= 0.3 is 0 Å². The molecule has 1 amide bonds. The van der Waals surface area contributed by atoms with Crippen molar-refractivity contribution in [2.75, 3.05) is 36.0 Å². The van der Waals surface area contributed by atoms with Crippen LogP contribution in [0, 0.1) is 5.82 Å². The van der Waals surface area contributed by atoms with Gasteiger partial charge in [-0.1, -0.05) is 31.4 Å². The molecule has 1 saturated heterocycles. The minimum Gasteiger partial charge on any atom is -0.366 e. The Balaban J connectivity index is 1.38. The number of aromatic nitrogens is 2. The van der Waals surface area contributed by atoms with Gasteiger partial charge in [0.15, 0.2) is 0 Å². The highest BCUT2D eigenvalue weighted by molar-refractivity contribution is 5.92. The third kappa shape index (κ3) is 4.24. The number of carbonyl (C=O) groups is 1. The molecule has 1 aliphatic heterocycles. The number of hydrogen-bond donors (Lipinski definition) is 1. The van der Waals surface area contributed by atoms with Gasteiger partial charge in [-0.2, -0.15) is 0 Å². The van der Waals surface area contributed by atoms with E-state index < -0.39 is 0 Å². The van der Waals surface area contributed by atoms with Gasteiger partial charge in [0.05, 0.1) is 5.69 Å². The van der Waals surface area contributed by atoms with Crippen molar-refractivity contribution >= 4 is 17.5 Å². The number of halogens is 1. The van der Waals surface area contributed by atoms with E-state index in [-0.39, 0.29) is 17.8 Å². The minimum atomic E-state index is -0.200. The van der Waals surface area contributed by atoms with Gasteiger partial charge in [0.25, 0.3) is 5.91 Å². The smallest absolute Gasteiger partial charge is 0.270 e. The maximum absolute atomic E-state index is 14.0. The molecule has 4 rings (SSSR count). The van der Waals surface area contributed by atoms with Gasteiger partial charge in [0, 0.05) is 38.4 Å². The van der Waals surface area contributed by atoms with Gasteiger partial charge in [-0.15, -0.1) is 0 Å². The van der Waals surface area contributed by atoms with Crippen molar-refractivity contribution in [2.45, 2.75) is 38.1 Å². The minimum absolute atomic E-state index is 0.124. The first-order valence-electron chi connectivity index (χ1n) is 10.1. The third-order valence-corrected chi connectivity index (χ3v) is 5.57. The Morgan fingerprint density at radius 3 is 2.46 bits per heavy atom. The largest absolute Gasteiger partial charge is 0.366 e. The SMILES string of the molecule is O=C(NC1CCCCC1)c1ccnc(N2CCN(c3ccccc3F)CC2)n1. The van der Waals surface area contributed by atoms with Gasteiger partial charge in [-0.3, -0.25) is 4.79 Å². The molecule has 1 aromatic carbocycles. The first-order valence-corrected chi connectivity index (χ1v) is 10.1. The van der Waals surface area contributed by atoms with E-state index in [0.717, 1.165) is 12.8 Å². The van der Waals surface area contributed by atoms with Crippen LogP contribution in [0.1, 0.15) is 42.6 Å². The summed E-state index contributed by atoms with van der Waals surface area (Å²) in [4.78, 5) is 25.5. The fraction of sp³-hybridized carbons (Fsp3) is 0.476. The van der Waals surface area contributed by atoms with Gasteiger partial charge < -0.3 is 15.1 Å². The number of anilines is 2. The molecule has 1 aliphatic carbocycles. The Morgan fingerprint density at radius 2 is 1.71 bits per heavy atom. The molecule has 0 spiro atoms.